The third-order valence-electron chi connectivity index (χ3n) is 5.62. The molecule has 1 atom stereocenters. The van der Waals surface area contributed by atoms with Crippen molar-refractivity contribution in [1.29, 1.82) is 0 Å². The molecule has 5 nitrogen and oxygen atoms in total. The van der Waals surface area contributed by atoms with Crippen molar-refractivity contribution in [2.24, 2.45) is 0 Å². The smallest absolute Gasteiger partial charge is 0.362 e. The summed E-state index contributed by atoms with van der Waals surface area (Å²) in [5.74, 6) is 0. The van der Waals surface area contributed by atoms with E-state index in [1.54, 1.807) is 0 Å². The van der Waals surface area contributed by atoms with Gasteiger partial charge in [-0.15, -0.1) is 0 Å². The van der Waals surface area contributed by atoms with Gasteiger partial charge >= 0.3 is 6.92 Å². The number of aryl methyl sites for hydroxylation is 2. The van der Waals surface area contributed by atoms with Gasteiger partial charge in [0.15, 0.2) is 0 Å². The molecule has 8 heteroatoms. The summed E-state index contributed by atoms with van der Waals surface area (Å²) in [6.45, 7) is 3.32. The maximum absolute atomic E-state index is 11.4. The number of hydrogen-bond acceptors (Lipinski definition) is 4. The second-order valence-corrected chi connectivity index (χ2v) is 8.83. The lowest BCUT2D eigenvalue weighted by atomic mass is 9.55. The molecular weight excluding hydrogens is 470 g/mol. The molecule has 0 amide bonds. The Morgan fingerprint density at radius 1 is 0.882 bits per heavy atom. The van der Waals surface area contributed by atoms with Crippen LogP contribution in [0.4, 0.5) is 5.69 Å². The van der Waals surface area contributed by atoms with Gasteiger partial charge < -0.3 is 4.65 Å². The van der Waals surface area contributed by atoms with E-state index in [0.717, 1.165) is 27.6 Å². The van der Waals surface area contributed by atoms with E-state index in [1.807, 2.05) is 80.6 Å². The molecule has 0 saturated carbocycles. The van der Waals surface area contributed by atoms with Gasteiger partial charge in [-0.3, -0.25) is 15.1 Å². The number of benzene rings is 3. The first-order chi connectivity index (χ1) is 16.3. The number of hydrogen-bond donors (Lipinski definition) is 0. The maximum Gasteiger partial charge on any atom is 0.362 e. The summed E-state index contributed by atoms with van der Waals surface area (Å²) in [4.78, 5) is 15.4. The third-order valence-corrected chi connectivity index (χ3v) is 6.43. The molecule has 1 heterocycles. The largest absolute Gasteiger partial charge is 0.414 e. The number of aromatic nitrogens is 1. The first kappa shape index (κ1) is 24.0. The van der Waals surface area contributed by atoms with Gasteiger partial charge in [-0.25, -0.2) is 0 Å². The summed E-state index contributed by atoms with van der Waals surface area (Å²) in [5.41, 5.74) is 4.77. The van der Waals surface area contributed by atoms with Crippen LogP contribution in [0.25, 0.3) is 0 Å². The molecular formula is C26H21BCl2N2O3. The Morgan fingerprint density at radius 2 is 1.47 bits per heavy atom. The quantitative estimate of drug-likeness (QED) is 0.186. The summed E-state index contributed by atoms with van der Waals surface area (Å²) in [5, 5.41) is 12.7. The average molecular weight is 491 g/mol. The molecule has 0 radical (unpaired) electrons. The van der Waals surface area contributed by atoms with Gasteiger partial charge in [-0.1, -0.05) is 77.8 Å². The van der Waals surface area contributed by atoms with Crippen LogP contribution < -0.4 is 10.9 Å². The Morgan fingerprint density at radius 3 is 2.00 bits per heavy atom. The molecule has 0 N–H and O–H groups in total. The fourth-order valence-electron chi connectivity index (χ4n) is 3.67. The Balaban J connectivity index is 1.86. The molecule has 4 aromatic rings. The van der Waals surface area contributed by atoms with E-state index in [0.29, 0.717) is 15.7 Å². The van der Waals surface area contributed by atoms with Gasteiger partial charge in [-0.05, 0) is 53.6 Å². The Bertz CT molecular complexity index is 1280. The first-order valence-corrected chi connectivity index (χ1v) is 11.4. The summed E-state index contributed by atoms with van der Waals surface area (Å²) in [6.07, 6.45) is 0.749. The highest BCUT2D eigenvalue weighted by atomic mass is 35.5. The minimum atomic E-state index is -0.675. The van der Waals surface area contributed by atoms with Crippen LogP contribution in [-0.4, -0.2) is 16.8 Å². The van der Waals surface area contributed by atoms with Gasteiger partial charge in [0.25, 0.3) is 5.69 Å². The van der Waals surface area contributed by atoms with E-state index in [-0.39, 0.29) is 5.69 Å². The number of pyridine rings is 1. The van der Waals surface area contributed by atoms with Crippen molar-refractivity contribution in [2.45, 2.75) is 20.0 Å². The molecule has 34 heavy (non-hydrogen) atoms. The van der Waals surface area contributed by atoms with Crippen molar-refractivity contribution in [3.8, 4) is 0 Å². The van der Waals surface area contributed by atoms with Crippen LogP contribution in [0.5, 0.6) is 0 Å². The van der Waals surface area contributed by atoms with Crippen LogP contribution in [0.1, 0.15) is 28.5 Å². The van der Waals surface area contributed by atoms with Gasteiger partial charge in [0.2, 0.25) is 0 Å². The van der Waals surface area contributed by atoms with E-state index in [2.05, 4.69) is 4.98 Å². The molecule has 170 valence electrons. The van der Waals surface area contributed by atoms with Crippen molar-refractivity contribution in [1.82, 2.24) is 4.98 Å². The topological polar surface area (TPSA) is 65.3 Å². The van der Waals surface area contributed by atoms with E-state index in [9.17, 15) is 10.1 Å². The van der Waals surface area contributed by atoms with Crippen molar-refractivity contribution in [3.05, 3.63) is 128 Å². The molecule has 0 fully saturated rings. The predicted molar refractivity (Wildman–Crippen MR) is 138 cm³/mol. The Labute approximate surface area is 208 Å². The molecule has 1 aromatic heterocycles. The molecule has 1 unspecified atom stereocenters. The highest BCUT2D eigenvalue weighted by Crippen LogP contribution is 2.28. The number of rotatable bonds is 7. The fourth-order valence-corrected chi connectivity index (χ4v) is 4.05. The maximum atomic E-state index is 11.4. The minimum Gasteiger partial charge on any atom is -0.414 e. The summed E-state index contributed by atoms with van der Waals surface area (Å²) < 4.78 is 6.72. The van der Waals surface area contributed by atoms with Crippen molar-refractivity contribution in [3.63, 3.8) is 0 Å². The van der Waals surface area contributed by atoms with E-state index in [1.165, 1.54) is 18.3 Å². The second kappa shape index (κ2) is 10.4. The lowest BCUT2D eigenvalue weighted by Gasteiger charge is -2.24. The second-order valence-electron chi connectivity index (χ2n) is 8.02. The molecule has 3 aromatic carbocycles. The number of halogens is 2. The zero-order chi connectivity index (χ0) is 24.2. The minimum absolute atomic E-state index is 0.0529. The molecule has 0 aliphatic rings. The first-order valence-electron chi connectivity index (χ1n) is 10.7. The van der Waals surface area contributed by atoms with Crippen LogP contribution in [-0.2, 0) is 4.65 Å². The molecule has 0 bridgehead atoms. The van der Waals surface area contributed by atoms with Gasteiger partial charge in [0.05, 0.1) is 10.6 Å². The Hall–Kier alpha value is -3.19. The Kier molecular flexibility index (Phi) is 7.32. The van der Waals surface area contributed by atoms with Crippen molar-refractivity contribution < 1.29 is 9.58 Å². The van der Waals surface area contributed by atoms with Crippen molar-refractivity contribution >= 4 is 46.7 Å². The fraction of sp³-hybridized carbons (Fsp3) is 0.115. The average Bonchev–Trinajstić information content (AvgIpc) is 2.84. The van der Waals surface area contributed by atoms with Crippen LogP contribution in [0.3, 0.4) is 0 Å². The normalized spacial score (nSPS) is 11.8. The zero-order valence-corrected chi connectivity index (χ0v) is 20.1. The van der Waals surface area contributed by atoms with Crippen LogP contribution >= 0.6 is 23.2 Å². The molecule has 0 aliphatic carbocycles. The summed E-state index contributed by atoms with van der Waals surface area (Å²) in [7, 11) is 0. The highest BCUT2D eigenvalue weighted by molar-refractivity contribution is 6.80. The van der Waals surface area contributed by atoms with E-state index < -0.39 is 17.9 Å². The van der Waals surface area contributed by atoms with Crippen molar-refractivity contribution in [2.75, 3.05) is 0 Å². The van der Waals surface area contributed by atoms with Crippen LogP contribution in [0.15, 0.2) is 85.1 Å². The highest BCUT2D eigenvalue weighted by Gasteiger charge is 2.29. The monoisotopic (exact) mass is 490 g/mol. The van der Waals surface area contributed by atoms with Crippen LogP contribution in [0.2, 0.25) is 10.0 Å². The summed E-state index contributed by atoms with van der Waals surface area (Å²) in [6, 6.07) is 23.9. The van der Waals surface area contributed by atoms with Gasteiger partial charge in [0.1, 0.15) is 6.10 Å². The van der Waals surface area contributed by atoms with E-state index in [4.69, 9.17) is 27.9 Å². The predicted octanol–water partition coefficient (Wildman–Crippen LogP) is 5.83. The molecule has 0 saturated heterocycles. The molecule has 0 aliphatic heterocycles. The lowest BCUT2D eigenvalue weighted by molar-refractivity contribution is -0.385. The van der Waals surface area contributed by atoms with Gasteiger partial charge in [-0.2, -0.15) is 0 Å². The SMILES string of the molecule is Cc1ccc(B(OC(c2ccccc2)c2cc([N+](=O)[O-])ccn2)c2ccc(C)c(Cl)c2)cc1Cl. The van der Waals surface area contributed by atoms with E-state index >= 15 is 0 Å². The van der Waals surface area contributed by atoms with Gasteiger partial charge in [0, 0.05) is 28.4 Å². The molecule has 0 spiro atoms. The number of nitro groups is 1. The standard InChI is InChI=1S/C26H21BCl2N2O3/c1-17-8-10-20(14-23(17)28)27(21-11-9-18(2)24(29)15-21)34-26(19-6-4-3-5-7-19)25-16-22(31(32)33)12-13-30-25/h3-16,26H,1-2H3. The third kappa shape index (κ3) is 5.31. The number of nitrogens with zero attached hydrogens (tertiary/aromatic N) is 2. The van der Waals surface area contributed by atoms with Crippen LogP contribution in [0, 0.1) is 24.0 Å². The zero-order valence-electron chi connectivity index (χ0n) is 18.6. The lowest BCUT2D eigenvalue weighted by Crippen LogP contribution is -2.46. The molecule has 4 rings (SSSR count). The summed E-state index contributed by atoms with van der Waals surface area (Å²) >= 11 is 12.9.